The maximum atomic E-state index is 12.2. The van der Waals surface area contributed by atoms with Crippen molar-refractivity contribution in [2.45, 2.75) is 6.92 Å². The van der Waals surface area contributed by atoms with Gasteiger partial charge < -0.3 is 10.6 Å². The molecule has 0 unspecified atom stereocenters. The Labute approximate surface area is 165 Å². The predicted molar refractivity (Wildman–Crippen MR) is 114 cm³/mol. The van der Waals surface area contributed by atoms with Crippen LogP contribution >= 0.6 is 22.7 Å². The van der Waals surface area contributed by atoms with Crippen molar-refractivity contribution in [3.63, 3.8) is 0 Å². The summed E-state index contributed by atoms with van der Waals surface area (Å²) in [5.74, 6) is -0.0951. The van der Waals surface area contributed by atoms with E-state index in [1.165, 1.54) is 16.9 Å². The number of carbonyl (C=O) groups is 1. The first-order valence-electron chi connectivity index (χ1n) is 8.42. The maximum absolute atomic E-state index is 12.2. The highest BCUT2D eigenvalue weighted by Gasteiger charge is 2.09. The van der Waals surface area contributed by atoms with Crippen molar-refractivity contribution in [2.24, 2.45) is 0 Å². The zero-order chi connectivity index (χ0) is 18.6. The molecule has 0 bridgehead atoms. The lowest BCUT2D eigenvalue weighted by Gasteiger charge is -2.06. The van der Waals surface area contributed by atoms with Gasteiger partial charge in [-0.2, -0.15) is 0 Å². The summed E-state index contributed by atoms with van der Waals surface area (Å²) in [7, 11) is 0. The largest absolute Gasteiger partial charge is 0.331 e. The quantitative estimate of drug-likeness (QED) is 0.427. The third-order valence-electron chi connectivity index (χ3n) is 4.05. The number of thiophene rings is 1. The number of amides is 1. The average molecular weight is 392 g/mol. The molecular weight excluding hydrogens is 374 g/mol. The van der Waals surface area contributed by atoms with Gasteiger partial charge in [-0.25, -0.2) is 4.98 Å². The molecule has 2 N–H and O–H groups in total. The Balaban J connectivity index is 1.52. The van der Waals surface area contributed by atoms with Gasteiger partial charge in [0.15, 0.2) is 5.13 Å². The van der Waals surface area contributed by atoms with Gasteiger partial charge in [0.05, 0.1) is 10.6 Å². The number of hydrogen-bond donors (Lipinski definition) is 2. The van der Waals surface area contributed by atoms with E-state index < -0.39 is 0 Å². The lowest BCUT2D eigenvalue weighted by Crippen LogP contribution is -2.09. The Bertz CT molecular complexity index is 1070. The molecule has 0 atom stereocenters. The number of carbonyl (C=O) groups excluding carboxylic acids is 1. The molecule has 0 saturated carbocycles. The van der Waals surface area contributed by atoms with Crippen LogP contribution in [0.4, 0.5) is 16.5 Å². The number of aromatic nitrogens is 1. The Morgan fingerprint density at radius 1 is 1.00 bits per heavy atom. The first-order chi connectivity index (χ1) is 13.2. The van der Waals surface area contributed by atoms with Gasteiger partial charge in [0.25, 0.3) is 5.91 Å². The molecule has 0 aliphatic rings. The molecule has 2 aromatic heterocycles. The van der Waals surface area contributed by atoms with Crippen LogP contribution in [0.25, 0.3) is 11.3 Å². The van der Waals surface area contributed by atoms with Crippen LogP contribution in [0.5, 0.6) is 0 Å². The van der Waals surface area contributed by atoms with Crippen LogP contribution in [0.3, 0.4) is 0 Å². The van der Waals surface area contributed by atoms with E-state index in [4.69, 9.17) is 0 Å². The first-order valence-corrected chi connectivity index (χ1v) is 10.2. The molecule has 0 aliphatic carbocycles. The van der Waals surface area contributed by atoms with Gasteiger partial charge in [-0.3, -0.25) is 4.79 Å². The minimum atomic E-state index is -0.0951. The fourth-order valence-corrected chi connectivity index (χ4v) is 4.00. The normalized spacial score (nSPS) is 10.6. The number of benzene rings is 2. The zero-order valence-electron chi connectivity index (χ0n) is 14.6. The monoisotopic (exact) mass is 391 g/mol. The van der Waals surface area contributed by atoms with Gasteiger partial charge in [-0.05, 0) is 42.1 Å². The van der Waals surface area contributed by atoms with Gasteiger partial charge in [0, 0.05) is 22.3 Å². The molecule has 0 aliphatic heterocycles. The Hall–Kier alpha value is -2.96. The summed E-state index contributed by atoms with van der Waals surface area (Å²) in [6.07, 6.45) is 0. The fraction of sp³-hybridized carbons (Fsp3) is 0.0476. The highest BCUT2D eigenvalue weighted by molar-refractivity contribution is 7.14. The smallest absolute Gasteiger partial charge is 0.265 e. The molecule has 4 nitrogen and oxygen atoms in total. The Kier molecular flexibility index (Phi) is 5.00. The highest BCUT2D eigenvalue weighted by Crippen LogP contribution is 2.29. The summed E-state index contributed by atoms with van der Waals surface area (Å²) in [5.41, 5.74) is 4.83. The van der Waals surface area contributed by atoms with Crippen molar-refractivity contribution in [2.75, 3.05) is 10.6 Å². The van der Waals surface area contributed by atoms with Gasteiger partial charge >= 0.3 is 0 Å². The molecule has 1 amide bonds. The third kappa shape index (κ3) is 4.07. The summed E-state index contributed by atoms with van der Waals surface area (Å²) in [5, 5.41) is 11.1. The van der Waals surface area contributed by atoms with Crippen LogP contribution < -0.4 is 10.6 Å². The van der Waals surface area contributed by atoms with E-state index in [-0.39, 0.29) is 5.91 Å². The van der Waals surface area contributed by atoms with Crippen molar-refractivity contribution < 1.29 is 4.79 Å². The minimum Gasteiger partial charge on any atom is -0.331 e. The van der Waals surface area contributed by atoms with Crippen molar-refractivity contribution >= 4 is 45.1 Å². The Morgan fingerprint density at radius 2 is 1.89 bits per heavy atom. The van der Waals surface area contributed by atoms with Crippen molar-refractivity contribution in [3.8, 4) is 11.3 Å². The van der Waals surface area contributed by atoms with Gasteiger partial charge in [0.2, 0.25) is 0 Å². The summed E-state index contributed by atoms with van der Waals surface area (Å²) in [6.45, 7) is 2.07. The molecule has 0 saturated heterocycles. The Morgan fingerprint density at radius 3 is 2.70 bits per heavy atom. The molecule has 2 heterocycles. The lowest BCUT2D eigenvalue weighted by molar-refractivity contribution is 0.103. The van der Waals surface area contributed by atoms with E-state index in [9.17, 15) is 4.79 Å². The number of nitrogens with one attached hydrogen (secondary N) is 2. The fourth-order valence-electron chi connectivity index (χ4n) is 2.65. The molecule has 0 radical (unpaired) electrons. The molecular formula is C21H17N3OS2. The van der Waals surface area contributed by atoms with Crippen LogP contribution in [0.2, 0.25) is 0 Å². The topological polar surface area (TPSA) is 54.0 Å². The van der Waals surface area contributed by atoms with Gasteiger partial charge in [0.1, 0.15) is 0 Å². The number of rotatable bonds is 5. The number of anilines is 3. The molecule has 4 aromatic rings. The molecule has 134 valence electrons. The lowest BCUT2D eigenvalue weighted by atomic mass is 10.1. The molecule has 6 heteroatoms. The van der Waals surface area contributed by atoms with E-state index in [0.29, 0.717) is 4.88 Å². The van der Waals surface area contributed by atoms with Crippen LogP contribution in [-0.4, -0.2) is 10.9 Å². The molecule has 0 spiro atoms. The van der Waals surface area contributed by atoms with Crippen molar-refractivity contribution in [3.05, 3.63) is 81.9 Å². The van der Waals surface area contributed by atoms with Crippen LogP contribution in [0.1, 0.15) is 15.2 Å². The molecule has 0 fully saturated rings. The molecule has 4 rings (SSSR count). The summed E-state index contributed by atoms with van der Waals surface area (Å²) >= 11 is 2.98. The van der Waals surface area contributed by atoms with E-state index >= 15 is 0 Å². The van der Waals surface area contributed by atoms with E-state index in [1.54, 1.807) is 11.3 Å². The number of para-hydroxylation sites is 1. The second-order valence-electron chi connectivity index (χ2n) is 5.99. The standard InChI is InChI=1S/C21H17N3OS2/c1-14-6-2-3-9-17(14)23-21-24-18(13-27-21)15-7-4-8-16(12-15)22-20(25)19-10-5-11-26-19/h2-13H,1H3,(H,22,25)(H,23,24). The van der Waals surface area contributed by atoms with Crippen molar-refractivity contribution in [1.82, 2.24) is 4.98 Å². The maximum Gasteiger partial charge on any atom is 0.265 e. The van der Waals surface area contributed by atoms with Gasteiger partial charge in [-0.15, -0.1) is 22.7 Å². The summed E-state index contributed by atoms with van der Waals surface area (Å²) in [4.78, 5) is 17.6. The first kappa shape index (κ1) is 17.5. The number of nitrogens with zero attached hydrogens (tertiary/aromatic N) is 1. The van der Waals surface area contributed by atoms with E-state index in [0.717, 1.165) is 27.8 Å². The second-order valence-corrected chi connectivity index (χ2v) is 7.80. The number of aryl methyl sites for hydroxylation is 1. The van der Waals surface area contributed by atoms with Crippen LogP contribution in [-0.2, 0) is 0 Å². The van der Waals surface area contributed by atoms with E-state index in [2.05, 4.69) is 28.6 Å². The number of hydrogen-bond acceptors (Lipinski definition) is 5. The van der Waals surface area contributed by atoms with Crippen LogP contribution in [0, 0.1) is 6.92 Å². The zero-order valence-corrected chi connectivity index (χ0v) is 16.2. The third-order valence-corrected chi connectivity index (χ3v) is 5.68. The predicted octanol–water partition coefficient (Wildman–Crippen LogP) is 6.18. The SMILES string of the molecule is Cc1ccccc1Nc1nc(-c2cccc(NC(=O)c3cccs3)c2)cs1. The minimum absolute atomic E-state index is 0.0951. The van der Waals surface area contributed by atoms with Crippen LogP contribution in [0.15, 0.2) is 71.4 Å². The molecule has 2 aromatic carbocycles. The summed E-state index contributed by atoms with van der Waals surface area (Å²) in [6, 6.07) is 19.6. The van der Waals surface area contributed by atoms with Crippen molar-refractivity contribution in [1.29, 1.82) is 0 Å². The second kappa shape index (κ2) is 7.73. The van der Waals surface area contributed by atoms with E-state index in [1.807, 2.05) is 65.4 Å². The average Bonchev–Trinajstić information content (AvgIpc) is 3.36. The highest BCUT2D eigenvalue weighted by atomic mass is 32.1. The van der Waals surface area contributed by atoms with Gasteiger partial charge in [-0.1, -0.05) is 36.4 Å². The summed E-state index contributed by atoms with van der Waals surface area (Å²) < 4.78 is 0. The number of thiazole rings is 1. The molecule has 27 heavy (non-hydrogen) atoms.